The Morgan fingerprint density at radius 3 is 2.16 bits per heavy atom. The molecule has 0 aromatic heterocycles. The molecule has 0 saturated carbocycles. The highest BCUT2D eigenvalue weighted by Crippen LogP contribution is 2.20. The third kappa shape index (κ3) is 5.80. The molecule has 1 atom stereocenters. The number of anilines is 2. The molecule has 3 rings (SSSR count). The van der Waals surface area contributed by atoms with Gasteiger partial charge in [0.25, 0.3) is 11.8 Å². The van der Waals surface area contributed by atoms with Crippen LogP contribution in [0.5, 0.6) is 0 Å². The van der Waals surface area contributed by atoms with Crippen molar-refractivity contribution in [2.45, 2.75) is 33.7 Å². The molecule has 3 aromatic carbocycles. The van der Waals surface area contributed by atoms with Gasteiger partial charge in [-0.2, -0.15) is 0 Å². The van der Waals surface area contributed by atoms with Crippen molar-refractivity contribution in [3.05, 3.63) is 94.5 Å². The number of nitrogens with two attached hydrogens (primary N) is 1. The normalized spacial score (nSPS) is 11.6. The number of carbonyl (C=O) groups is 2. The summed E-state index contributed by atoms with van der Waals surface area (Å²) in [6, 6.07) is 20.9. The summed E-state index contributed by atoms with van der Waals surface area (Å²) in [4.78, 5) is 25.8. The first-order valence-corrected chi connectivity index (χ1v) is 10.5. The summed E-state index contributed by atoms with van der Waals surface area (Å²) in [5.74, 6) is -0.294. The summed E-state index contributed by atoms with van der Waals surface area (Å²) in [6.45, 7) is 8.03. The fourth-order valence-corrected chi connectivity index (χ4v) is 3.56. The Hall–Kier alpha value is -3.44. The Morgan fingerprint density at radius 2 is 1.48 bits per heavy atom. The van der Waals surface area contributed by atoms with Crippen LogP contribution in [0.4, 0.5) is 11.4 Å². The Bertz CT molecular complexity index is 1060. The lowest BCUT2D eigenvalue weighted by Gasteiger charge is -2.17. The zero-order valence-electron chi connectivity index (χ0n) is 18.5. The minimum Gasteiger partial charge on any atom is -0.324 e. The second-order valence-electron chi connectivity index (χ2n) is 7.95. The lowest BCUT2D eigenvalue weighted by atomic mass is 10.0. The van der Waals surface area contributed by atoms with Crippen molar-refractivity contribution in [1.29, 1.82) is 0 Å². The highest BCUT2D eigenvalue weighted by atomic mass is 16.2. The summed E-state index contributed by atoms with van der Waals surface area (Å²) in [5.41, 5.74) is 6.58. The van der Waals surface area contributed by atoms with E-state index < -0.39 is 6.04 Å². The van der Waals surface area contributed by atoms with Crippen LogP contribution < -0.4 is 16.0 Å². The summed E-state index contributed by atoms with van der Waals surface area (Å²) in [7, 11) is 0. The molecule has 5 heteroatoms. The molecule has 31 heavy (non-hydrogen) atoms. The van der Waals surface area contributed by atoms with E-state index in [2.05, 4.69) is 10.6 Å². The molecule has 0 aliphatic rings. The molecule has 3 aromatic rings. The van der Waals surface area contributed by atoms with Gasteiger partial charge >= 0.3 is 0 Å². The number of rotatable bonds is 7. The van der Waals surface area contributed by atoms with Crippen molar-refractivity contribution in [3.8, 4) is 0 Å². The predicted molar refractivity (Wildman–Crippen MR) is 125 cm³/mol. The molecule has 0 bridgehead atoms. The van der Waals surface area contributed by atoms with Gasteiger partial charge in [0.1, 0.15) is 0 Å². The zero-order valence-corrected chi connectivity index (χ0v) is 18.5. The Morgan fingerprint density at radius 1 is 0.806 bits per heavy atom. The van der Waals surface area contributed by atoms with Gasteiger partial charge in [0.15, 0.2) is 12.6 Å². The van der Waals surface area contributed by atoms with Crippen LogP contribution in [0.15, 0.2) is 66.7 Å². The maximum atomic E-state index is 13.2. The summed E-state index contributed by atoms with van der Waals surface area (Å²) >= 11 is 0. The number of carbonyl (C=O) groups excluding carboxylic acids is 2. The van der Waals surface area contributed by atoms with Crippen LogP contribution in [0.25, 0.3) is 0 Å². The topological polar surface area (TPSA) is 74.8 Å². The van der Waals surface area contributed by atoms with Crippen molar-refractivity contribution in [2.75, 3.05) is 17.2 Å². The van der Waals surface area contributed by atoms with E-state index >= 15 is 0 Å². The first kappa shape index (κ1) is 22.2. The number of hydrogen-bond acceptors (Lipinski definition) is 2. The number of aryl methyl sites for hydroxylation is 4. The zero-order chi connectivity index (χ0) is 22.4. The largest absolute Gasteiger partial charge is 0.324 e. The van der Waals surface area contributed by atoms with Gasteiger partial charge in [0.2, 0.25) is 0 Å². The first-order valence-electron chi connectivity index (χ1n) is 10.5. The van der Waals surface area contributed by atoms with Crippen LogP contribution in [0, 0.1) is 27.7 Å². The minimum absolute atomic E-state index is 0.132. The maximum Gasteiger partial charge on any atom is 0.287 e. The molecule has 0 saturated heterocycles. The van der Waals surface area contributed by atoms with Gasteiger partial charge in [-0.15, -0.1) is 0 Å². The predicted octanol–water partition coefficient (Wildman–Crippen LogP) is 3.80. The standard InChI is InChI=1S/C26H29N3O2/c1-17-13-14-18(2)22(15-17)28-26(31)25(21-11-6-5-7-12-21)27-16-23(30)29-24-19(3)9-8-10-20(24)4/h5-15,25,27H,16H2,1-4H3,(H,28,31)(H,29,30)/p+1/t25-/m1/s1. The van der Waals surface area contributed by atoms with Gasteiger partial charge < -0.3 is 16.0 Å². The van der Waals surface area contributed by atoms with E-state index in [1.54, 1.807) is 5.32 Å². The fraction of sp³-hybridized carbons (Fsp3) is 0.231. The van der Waals surface area contributed by atoms with Crippen LogP contribution in [0.1, 0.15) is 33.9 Å². The van der Waals surface area contributed by atoms with Gasteiger partial charge in [0.05, 0.1) is 0 Å². The van der Waals surface area contributed by atoms with Gasteiger partial charge in [-0.1, -0.05) is 60.7 Å². The number of hydrogen-bond donors (Lipinski definition) is 3. The second kappa shape index (κ2) is 10.0. The molecular formula is C26H30N3O2+. The van der Waals surface area contributed by atoms with Gasteiger partial charge in [-0.25, -0.2) is 0 Å². The molecule has 160 valence electrons. The smallest absolute Gasteiger partial charge is 0.287 e. The van der Waals surface area contributed by atoms with Crippen molar-refractivity contribution >= 4 is 23.2 Å². The van der Waals surface area contributed by atoms with Crippen LogP contribution in [0.3, 0.4) is 0 Å². The van der Waals surface area contributed by atoms with E-state index in [-0.39, 0.29) is 18.4 Å². The average molecular weight is 417 g/mol. The molecule has 0 heterocycles. The number of para-hydroxylation sites is 1. The molecule has 0 radical (unpaired) electrons. The van der Waals surface area contributed by atoms with Crippen molar-refractivity contribution in [1.82, 2.24) is 0 Å². The summed E-state index contributed by atoms with van der Waals surface area (Å²) in [6.07, 6.45) is 0. The lowest BCUT2D eigenvalue weighted by molar-refractivity contribution is -0.671. The van der Waals surface area contributed by atoms with Gasteiger partial charge in [-0.05, 0) is 56.0 Å². The van der Waals surface area contributed by atoms with Crippen LogP contribution in [0.2, 0.25) is 0 Å². The molecule has 0 fully saturated rings. The van der Waals surface area contributed by atoms with Gasteiger partial charge in [-0.3, -0.25) is 9.59 Å². The number of amides is 2. The van der Waals surface area contributed by atoms with Gasteiger partial charge in [0, 0.05) is 16.9 Å². The molecule has 5 nitrogen and oxygen atoms in total. The minimum atomic E-state index is -0.537. The number of quaternary nitrogens is 1. The third-order valence-electron chi connectivity index (χ3n) is 5.38. The average Bonchev–Trinajstić information content (AvgIpc) is 2.74. The van der Waals surface area contributed by atoms with Crippen molar-refractivity contribution in [2.24, 2.45) is 0 Å². The molecule has 2 amide bonds. The second-order valence-corrected chi connectivity index (χ2v) is 7.95. The Kier molecular flexibility index (Phi) is 7.21. The number of benzene rings is 3. The third-order valence-corrected chi connectivity index (χ3v) is 5.38. The van der Waals surface area contributed by atoms with E-state index in [4.69, 9.17) is 0 Å². The van der Waals surface area contributed by atoms with Crippen LogP contribution >= 0.6 is 0 Å². The monoisotopic (exact) mass is 416 g/mol. The SMILES string of the molecule is Cc1ccc(C)c(NC(=O)[C@H]([NH2+]CC(=O)Nc2c(C)cccc2C)c2ccccc2)c1. The summed E-state index contributed by atoms with van der Waals surface area (Å²) < 4.78 is 0. The van der Waals surface area contributed by atoms with Crippen LogP contribution in [-0.4, -0.2) is 18.4 Å². The highest BCUT2D eigenvalue weighted by Gasteiger charge is 2.25. The molecular weight excluding hydrogens is 386 g/mol. The number of nitrogens with one attached hydrogen (secondary N) is 2. The van der Waals surface area contributed by atoms with E-state index in [1.165, 1.54) is 0 Å². The quantitative estimate of drug-likeness (QED) is 0.548. The van der Waals surface area contributed by atoms with E-state index in [9.17, 15) is 9.59 Å². The Balaban J connectivity index is 1.74. The van der Waals surface area contributed by atoms with Crippen molar-refractivity contribution in [3.63, 3.8) is 0 Å². The highest BCUT2D eigenvalue weighted by molar-refractivity contribution is 5.96. The van der Waals surface area contributed by atoms with E-state index in [0.717, 1.165) is 39.2 Å². The van der Waals surface area contributed by atoms with E-state index in [0.29, 0.717) is 0 Å². The summed E-state index contributed by atoms with van der Waals surface area (Å²) in [5, 5.41) is 7.80. The van der Waals surface area contributed by atoms with Crippen LogP contribution in [-0.2, 0) is 9.59 Å². The molecule has 0 aliphatic heterocycles. The fourth-order valence-electron chi connectivity index (χ4n) is 3.56. The molecule has 4 N–H and O–H groups in total. The molecule has 0 aliphatic carbocycles. The lowest BCUT2D eigenvalue weighted by Crippen LogP contribution is -2.89. The Labute approximate surface area is 183 Å². The molecule has 0 spiro atoms. The molecule has 0 unspecified atom stereocenters. The van der Waals surface area contributed by atoms with E-state index in [1.807, 2.05) is 94.4 Å². The first-order chi connectivity index (χ1) is 14.8. The maximum absolute atomic E-state index is 13.2. The van der Waals surface area contributed by atoms with Crippen molar-refractivity contribution < 1.29 is 14.9 Å².